The van der Waals surface area contributed by atoms with Crippen LogP contribution >= 0.6 is 11.3 Å². The lowest BCUT2D eigenvalue weighted by Crippen LogP contribution is -2.17. The predicted molar refractivity (Wildman–Crippen MR) is 100 cm³/mol. The van der Waals surface area contributed by atoms with E-state index in [4.69, 9.17) is 4.74 Å². The minimum Gasteiger partial charge on any atom is -0.497 e. The number of ether oxygens (including phenoxy) is 1. The second-order valence-corrected chi connectivity index (χ2v) is 6.63. The van der Waals surface area contributed by atoms with E-state index in [9.17, 15) is 0 Å². The summed E-state index contributed by atoms with van der Waals surface area (Å²) in [6.07, 6.45) is 1.64. The second-order valence-electron chi connectivity index (χ2n) is 5.74. The third-order valence-corrected chi connectivity index (χ3v) is 4.95. The molecule has 2 aromatic heterocycles. The van der Waals surface area contributed by atoms with Gasteiger partial charge in [-0.15, -0.1) is 11.3 Å². The Morgan fingerprint density at radius 2 is 1.88 bits per heavy atom. The molecule has 0 radical (unpaired) electrons. The van der Waals surface area contributed by atoms with Crippen molar-refractivity contribution in [3.8, 4) is 5.75 Å². The van der Waals surface area contributed by atoms with E-state index in [2.05, 4.69) is 63.7 Å². The first kappa shape index (κ1) is 14.9. The molecule has 0 bridgehead atoms. The molecule has 0 spiro atoms. The molecule has 4 aromatic rings. The van der Waals surface area contributed by atoms with Gasteiger partial charge in [0.2, 0.25) is 0 Å². The van der Waals surface area contributed by atoms with E-state index in [1.165, 1.54) is 16.3 Å². The Hall–Kier alpha value is -2.66. The van der Waals surface area contributed by atoms with Crippen LogP contribution in [0, 0.1) is 0 Å². The van der Waals surface area contributed by atoms with Crippen molar-refractivity contribution in [3.63, 3.8) is 0 Å². The van der Waals surface area contributed by atoms with Crippen LogP contribution in [-0.2, 0) is 6.54 Å². The highest BCUT2D eigenvalue weighted by molar-refractivity contribution is 7.16. The van der Waals surface area contributed by atoms with Crippen LogP contribution in [0.15, 0.2) is 54.2 Å². The van der Waals surface area contributed by atoms with Crippen molar-refractivity contribution >= 4 is 38.1 Å². The molecule has 4 rings (SSSR count). The van der Waals surface area contributed by atoms with Gasteiger partial charge in [-0.3, -0.25) is 0 Å². The Morgan fingerprint density at radius 3 is 2.75 bits per heavy atom. The standard InChI is InChI=1S/C19H17N3OS/c1-22(18-17-7-8-24-19(17)21-12-20-18)11-13-3-4-15-10-16(23-2)6-5-14(15)9-13/h3-10,12H,11H2,1-2H3. The molecule has 0 amide bonds. The Kier molecular flexibility index (Phi) is 3.78. The van der Waals surface area contributed by atoms with Gasteiger partial charge in [-0.1, -0.05) is 18.2 Å². The fraction of sp³-hybridized carbons (Fsp3) is 0.158. The number of benzene rings is 2. The highest BCUT2D eigenvalue weighted by Crippen LogP contribution is 2.28. The van der Waals surface area contributed by atoms with E-state index < -0.39 is 0 Å². The Morgan fingerprint density at radius 1 is 1.04 bits per heavy atom. The van der Waals surface area contributed by atoms with Crippen LogP contribution in [0.3, 0.4) is 0 Å². The number of methoxy groups -OCH3 is 1. The molecular weight excluding hydrogens is 318 g/mol. The van der Waals surface area contributed by atoms with Gasteiger partial charge in [-0.25, -0.2) is 9.97 Å². The zero-order valence-electron chi connectivity index (χ0n) is 13.6. The molecule has 0 aliphatic rings. The van der Waals surface area contributed by atoms with E-state index in [1.54, 1.807) is 24.8 Å². The lowest BCUT2D eigenvalue weighted by atomic mass is 10.1. The molecule has 2 heterocycles. The summed E-state index contributed by atoms with van der Waals surface area (Å²) in [6.45, 7) is 0.796. The third-order valence-electron chi connectivity index (χ3n) is 4.13. The summed E-state index contributed by atoms with van der Waals surface area (Å²) in [7, 11) is 3.76. The molecule has 0 aliphatic heterocycles. The number of thiophene rings is 1. The van der Waals surface area contributed by atoms with Crippen molar-refractivity contribution in [2.75, 3.05) is 19.1 Å². The molecular formula is C19H17N3OS. The third kappa shape index (κ3) is 2.67. The molecule has 5 heteroatoms. The maximum atomic E-state index is 5.29. The van der Waals surface area contributed by atoms with E-state index in [0.29, 0.717) is 0 Å². The summed E-state index contributed by atoms with van der Waals surface area (Å²) >= 11 is 1.64. The topological polar surface area (TPSA) is 38.2 Å². The first-order valence-electron chi connectivity index (χ1n) is 7.70. The van der Waals surface area contributed by atoms with Gasteiger partial charge in [-0.2, -0.15) is 0 Å². The summed E-state index contributed by atoms with van der Waals surface area (Å²) in [5.74, 6) is 1.85. The first-order chi connectivity index (χ1) is 11.7. The molecule has 0 atom stereocenters. The first-order valence-corrected chi connectivity index (χ1v) is 8.58. The number of hydrogen-bond acceptors (Lipinski definition) is 5. The van der Waals surface area contributed by atoms with Gasteiger partial charge in [-0.05, 0) is 46.0 Å². The number of anilines is 1. The fourth-order valence-electron chi connectivity index (χ4n) is 2.93. The van der Waals surface area contributed by atoms with Crippen molar-refractivity contribution in [1.82, 2.24) is 9.97 Å². The van der Waals surface area contributed by atoms with Gasteiger partial charge >= 0.3 is 0 Å². The SMILES string of the molecule is COc1ccc2cc(CN(C)c3ncnc4sccc34)ccc2c1. The van der Waals surface area contributed by atoms with Gasteiger partial charge < -0.3 is 9.64 Å². The zero-order chi connectivity index (χ0) is 16.5. The minimum absolute atomic E-state index is 0.796. The van der Waals surface area contributed by atoms with Crippen molar-refractivity contribution in [3.05, 3.63) is 59.7 Å². The summed E-state index contributed by atoms with van der Waals surface area (Å²) in [5.41, 5.74) is 1.25. The molecule has 4 nitrogen and oxygen atoms in total. The van der Waals surface area contributed by atoms with E-state index in [1.807, 2.05) is 6.07 Å². The summed E-state index contributed by atoms with van der Waals surface area (Å²) in [6, 6.07) is 14.7. The number of fused-ring (bicyclic) bond motifs is 2. The van der Waals surface area contributed by atoms with Crippen LogP contribution in [0.1, 0.15) is 5.56 Å². The molecule has 24 heavy (non-hydrogen) atoms. The number of rotatable bonds is 4. The predicted octanol–water partition coefficient (Wildman–Crippen LogP) is 4.49. The number of nitrogens with zero attached hydrogens (tertiary/aromatic N) is 3. The van der Waals surface area contributed by atoms with Crippen molar-refractivity contribution in [2.24, 2.45) is 0 Å². The highest BCUT2D eigenvalue weighted by atomic mass is 32.1. The lowest BCUT2D eigenvalue weighted by molar-refractivity contribution is 0.415. The van der Waals surface area contributed by atoms with Crippen LogP contribution in [0.25, 0.3) is 21.0 Å². The number of hydrogen-bond donors (Lipinski definition) is 0. The molecule has 120 valence electrons. The summed E-state index contributed by atoms with van der Waals surface area (Å²) < 4.78 is 5.29. The largest absolute Gasteiger partial charge is 0.497 e. The van der Waals surface area contributed by atoms with Crippen LogP contribution < -0.4 is 9.64 Å². The minimum atomic E-state index is 0.796. The van der Waals surface area contributed by atoms with Gasteiger partial charge in [0.05, 0.1) is 12.5 Å². The van der Waals surface area contributed by atoms with Crippen LogP contribution in [0.2, 0.25) is 0 Å². The van der Waals surface area contributed by atoms with Crippen molar-refractivity contribution in [2.45, 2.75) is 6.54 Å². The van der Waals surface area contributed by atoms with E-state index in [0.717, 1.165) is 28.3 Å². The van der Waals surface area contributed by atoms with Gasteiger partial charge in [0.15, 0.2) is 0 Å². The summed E-state index contributed by atoms with van der Waals surface area (Å²) in [4.78, 5) is 12.0. The molecule has 0 saturated heterocycles. The molecule has 0 aliphatic carbocycles. The Labute approximate surface area is 144 Å². The Balaban J connectivity index is 1.64. The Bertz CT molecular complexity index is 1010. The van der Waals surface area contributed by atoms with Gasteiger partial charge in [0.1, 0.15) is 22.7 Å². The van der Waals surface area contributed by atoms with Crippen molar-refractivity contribution in [1.29, 1.82) is 0 Å². The fourth-order valence-corrected chi connectivity index (χ4v) is 3.66. The maximum Gasteiger partial charge on any atom is 0.140 e. The molecule has 0 fully saturated rings. The van der Waals surface area contributed by atoms with E-state index >= 15 is 0 Å². The van der Waals surface area contributed by atoms with Crippen LogP contribution in [-0.4, -0.2) is 24.1 Å². The summed E-state index contributed by atoms with van der Waals surface area (Å²) in [5, 5.41) is 5.56. The smallest absolute Gasteiger partial charge is 0.140 e. The van der Waals surface area contributed by atoms with E-state index in [-0.39, 0.29) is 0 Å². The second kappa shape index (κ2) is 6.09. The molecule has 2 aromatic carbocycles. The van der Waals surface area contributed by atoms with Crippen molar-refractivity contribution < 1.29 is 4.74 Å². The zero-order valence-corrected chi connectivity index (χ0v) is 14.4. The highest BCUT2D eigenvalue weighted by Gasteiger charge is 2.10. The average molecular weight is 335 g/mol. The van der Waals surface area contributed by atoms with Crippen LogP contribution in [0.5, 0.6) is 5.75 Å². The average Bonchev–Trinajstić information content (AvgIpc) is 3.09. The molecule has 0 saturated carbocycles. The molecule has 0 unspecified atom stereocenters. The van der Waals surface area contributed by atoms with Gasteiger partial charge in [0, 0.05) is 13.6 Å². The van der Waals surface area contributed by atoms with Crippen LogP contribution in [0.4, 0.5) is 5.82 Å². The lowest BCUT2D eigenvalue weighted by Gasteiger charge is -2.19. The monoisotopic (exact) mass is 335 g/mol. The quantitative estimate of drug-likeness (QED) is 0.551. The van der Waals surface area contributed by atoms with Gasteiger partial charge in [0.25, 0.3) is 0 Å². The molecule has 0 N–H and O–H groups in total. The normalized spacial score (nSPS) is 11.1. The maximum absolute atomic E-state index is 5.29. The number of aromatic nitrogens is 2.